The Morgan fingerprint density at radius 2 is 2.04 bits per heavy atom. The molecule has 0 aromatic heterocycles. The highest BCUT2D eigenvalue weighted by Gasteiger charge is 2.30. The van der Waals surface area contributed by atoms with Crippen molar-refractivity contribution in [3.8, 4) is 6.07 Å². The van der Waals surface area contributed by atoms with E-state index in [1.807, 2.05) is 0 Å². The number of nitriles is 1. The fourth-order valence-electron chi connectivity index (χ4n) is 3.22. The summed E-state index contributed by atoms with van der Waals surface area (Å²) in [5.41, 5.74) is 0.347. The normalized spacial score (nSPS) is 22.4. The van der Waals surface area contributed by atoms with Crippen molar-refractivity contribution in [3.05, 3.63) is 29.8 Å². The van der Waals surface area contributed by atoms with Crippen LogP contribution in [0.5, 0.6) is 0 Å². The molecule has 2 aliphatic heterocycles. The minimum absolute atomic E-state index is 0.0800. The van der Waals surface area contributed by atoms with E-state index in [4.69, 9.17) is 5.26 Å². The number of rotatable bonds is 4. The standard InChI is InChI=1S/C17H22N4O3S/c18-11-13-5-8-21(9-6-13)25(23,24)16-3-1-2-14(10-16)17(22)20-15-4-7-19-12-15/h1-3,10,13,15,19H,4-9,12H2,(H,20,22)/t15-/m0/s1. The molecule has 134 valence electrons. The van der Waals surface area contributed by atoms with Crippen molar-refractivity contribution >= 4 is 15.9 Å². The summed E-state index contributed by atoms with van der Waals surface area (Å²) in [7, 11) is -3.65. The van der Waals surface area contributed by atoms with Crippen molar-refractivity contribution in [1.82, 2.24) is 14.9 Å². The number of benzene rings is 1. The van der Waals surface area contributed by atoms with Gasteiger partial charge >= 0.3 is 0 Å². The van der Waals surface area contributed by atoms with Crippen LogP contribution in [0.2, 0.25) is 0 Å². The number of sulfonamides is 1. The Morgan fingerprint density at radius 3 is 2.68 bits per heavy atom. The molecule has 2 heterocycles. The van der Waals surface area contributed by atoms with E-state index in [1.54, 1.807) is 12.1 Å². The summed E-state index contributed by atoms with van der Waals surface area (Å²) in [6.45, 7) is 2.28. The van der Waals surface area contributed by atoms with Gasteiger partial charge in [-0.25, -0.2) is 8.42 Å². The third-order valence-corrected chi connectivity index (χ3v) is 6.66. The van der Waals surface area contributed by atoms with Crippen molar-refractivity contribution in [2.45, 2.75) is 30.2 Å². The lowest BCUT2D eigenvalue weighted by Gasteiger charge is -2.28. The summed E-state index contributed by atoms with van der Waals surface area (Å²) >= 11 is 0. The molecular formula is C17H22N4O3S. The second-order valence-electron chi connectivity index (χ2n) is 6.50. The summed E-state index contributed by atoms with van der Waals surface area (Å²) in [4.78, 5) is 12.5. The van der Waals surface area contributed by atoms with E-state index in [0.29, 0.717) is 31.5 Å². The third kappa shape index (κ3) is 4.00. The molecule has 2 saturated heterocycles. The molecule has 0 unspecified atom stereocenters. The maximum atomic E-state index is 12.8. The molecule has 0 spiro atoms. The zero-order valence-corrected chi connectivity index (χ0v) is 14.8. The summed E-state index contributed by atoms with van der Waals surface area (Å²) in [6, 6.07) is 8.44. The van der Waals surface area contributed by atoms with Crippen LogP contribution in [-0.4, -0.2) is 50.9 Å². The number of amides is 1. The number of hydrogen-bond acceptors (Lipinski definition) is 5. The van der Waals surface area contributed by atoms with Gasteiger partial charge < -0.3 is 10.6 Å². The number of carbonyl (C=O) groups is 1. The Labute approximate surface area is 148 Å². The van der Waals surface area contributed by atoms with Crippen LogP contribution in [0.3, 0.4) is 0 Å². The lowest BCUT2D eigenvalue weighted by molar-refractivity contribution is 0.0940. The predicted octanol–water partition coefficient (Wildman–Crippen LogP) is 0.703. The molecule has 0 radical (unpaired) electrons. The summed E-state index contributed by atoms with van der Waals surface area (Å²) < 4.78 is 27.0. The van der Waals surface area contributed by atoms with Gasteiger partial charge in [-0.3, -0.25) is 4.79 Å². The van der Waals surface area contributed by atoms with Crippen LogP contribution in [0.4, 0.5) is 0 Å². The van der Waals surface area contributed by atoms with Crippen LogP contribution < -0.4 is 10.6 Å². The Kier molecular flexibility index (Phi) is 5.37. The van der Waals surface area contributed by atoms with Crippen molar-refractivity contribution in [2.24, 2.45) is 5.92 Å². The smallest absolute Gasteiger partial charge is 0.251 e. The zero-order chi connectivity index (χ0) is 17.9. The highest BCUT2D eigenvalue weighted by Crippen LogP contribution is 2.24. The molecule has 2 aliphatic rings. The fraction of sp³-hybridized carbons (Fsp3) is 0.529. The van der Waals surface area contributed by atoms with E-state index in [2.05, 4.69) is 16.7 Å². The molecule has 1 aromatic rings. The van der Waals surface area contributed by atoms with E-state index < -0.39 is 10.0 Å². The third-order valence-electron chi connectivity index (χ3n) is 4.77. The summed E-state index contributed by atoms with van der Waals surface area (Å²) in [6.07, 6.45) is 1.97. The molecule has 3 rings (SSSR count). The SMILES string of the molecule is N#CC1CCN(S(=O)(=O)c2cccc(C(=O)N[C@H]3CCNC3)c2)CC1. The maximum absolute atomic E-state index is 12.8. The average molecular weight is 362 g/mol. The van der Waals surface area contributed by atoms with Gasteiger partial charge in [-0.05, 0) is 44.0 Å². The molecule has 8 heteroatoms. The van der Waals surface area contributed by atoms with Gasteiger partial charge in [0.2, 0.25) is 10.0 Å². The maximum Gasteiger partial charge on any atom is 0.251 e. The van der Waals surface area contributed by atoms with Crippen LogP contribution in [0.15, 0.2) is 29.2 Å². The topological polar surface area (TPSA) is 102 Å². The lowest BCUT2D eigenvalue weighted by Crippen LogP contribution is -2.38. The van der Waals surface area contributed by atoms with Gasteiger partial charge in [0, 0.05) is 37.2 Å². The number of nitrogens with zero attached hydrogens (tertiary/aromatic N) is 2. The highest BCUT2D eigenvalue weighted by atomic mass is 32.2. The lowest BCUT2D eigenvalue weighted by atomic mass is 10.0. The van der Waals surface area contributed by atoms with Crippen molar-refractivity contribution in [2.75, 3.05) is 26.2 Å². The largest absolute Gasteiger partial charge is 0.348 e. The number of nitrogens with one attached hydrogen (secondary N) is 2. The zero-order valence-electron chi connectivity index (χ0n) is 13.9. The van der Waals surface area contributed by atoms with Crippen LogP contribution in [0.1, 0.15) is 29.6 Å². The molecule has 25 heavy (non-hydrogen) atoms. The average Bonchev–Trinajstić information content (AvgIpc) is 3.15. The molecule has 0 aliphatic carbocycles. The first kappa shape index (κ1) is 17.9. The first-order valence-electron chi connectivity index (χ1n) is 8.52. The van der Waals surface area contributed by atoms with E-state index in [1.165, 1.54) is 16.4 Å². The second-order valence-corrected chi connectivity index (χ2v) is 8.44. The Hall–Kier alpha value is -1.95. The molecule has 1 aromatic carbocycles. The van der Waals surface area contributed by atoms with Gasteiger partial charge in [-0.15, -0.1) is 0 Å². The van der Waals surface area contributed by atoms with Gasteiger partial charge in [0.15, 0.2) is 0 Å². The van der Waals surface area contributed by atoms with Gasteiger partial charge in [0.05, 0.1) is 11.0 Å². The van der Waals surface area contributed by atoms with Crippen LogP contribution in [0, 0.1) is 17.2 Å². The van der Waals surface area contributed by atoms with Gasteiger partial charge in [0.1, 0.15) is 0 Å². The van der Waals surface area contributed by atoms with Gasteiger partial charge in [0.25, 0.3) is 5.91 Å². The summed E-state index contributed by atoms with van der Waals surface area (Å²) in [5, 5.41) is 15.0. The van der Waals surface area contributed by atoms with Crippen LogP contribution in [-0.2, 0) is 10.0 Å². The van der Waals surface area contributed by atoms with E-state index in [-0.39, 0.29) is 22.8 Å². The van der Waals surface area contributed by atoms with E-state index in [9.17, 15) is 13.2 Å². The Bertz CT molecular complexity index is 773. The molecular weight excluding hydrogens is 340 g/mol. The minimum Gasteiger partial charge on any atom is -0.348 e. The van der Waals surface area contributed by atoms with E-state index >= 15 is 0 Å². The Balaban J connectivity index is 1.74. The second kappa shape index (κ2) is 7.52. The molecule has 0 bridgehead atoms. The molecule has 0 saturated carbocycles. The van der Waals surface area contributed by atoms with Crippen molar-refractivity contribution in [1.29, 1.82) is 5.26 Å². The molecule has 2 N–H and O–H groups in total. The molecule has 7 nitrogen and oxygen atoms in total. The monoisotopic (exact) mass is 362 g/mol. The van der Waals surface area contributed by atoms with Gasteiger partial charge in [-0.2, -0.15) is 9.57 Å². The first-order valence-corrected chi connectivity index (χ1v) is 9.96. The predicted molar refractivity (Wildman–Crippen MR) is 92.3 cm³/mol. The Morgan fingerprint density at radius 1 is 1.28 bits per heavy atom. The van der Waals surface area contributed by atoms with Crippen LogP contribution in [0.25, 0.3) is 0 Å². The number of carbonyl (C=O) groups excluding carboxylic acids is 1. The molecule has 1 amide bonds. The fourth-order valence-corrected chi connectivity index (χ4v) is 4.73. The number of piperidine rings is 1. The van der Waals surface area contributed by atoms with Crippen molar-refractivity contribution in [3.63, 3.8) is 0 Å². The number of hydrogen-bond donors (Lipinski definition) is 2. The van der Waals surface area contributed by atoms with Crippen LogP contribution >= 0.6 is 0 Å². The highest BCUT2D eigenvalue weighted by molar-refractivity contribution is 7.89. The molecule has 2 fully saturated rings. The van der Waals surface area contributed by atoms with E-state index in [0.717, 1.165) is 19.5 Å². The molecule has 1 atom stereocenters. The summed E-state index contributed by atoms with van der Waals surface area (Å²) in [5.74, 6) is -0.336. The van der Waals surface area contributed by atoms with Crippen molar-refractivity contribution < 1.29 is 13.2 Å². The minimum atomic E-state index is -3.65. The quantitative estimate of drug-likeness (QED) is 0.821. The van der Waals surface area contributed by atoms with Gasteiger partial charge in [-0.1, -0.05) is 6.07 Å². The first-order chi connectivity index (χ1) is 12.0.